The molecule has 220 valence electrons. The fourth-order valence-electron chi connectivity index (χ4n) is 3.62. The minimum atomic E-state index is -4.81. The zero-order valence-corrected chi connectivity index (χ0v) is 24.1. The third-order valence-electron chi connectivity index (χ3n) is 5.77. The number of piperazine rings is 1. The Hall–Kier alpha value is -2.80. The molecule has 0 bridgehead atoms. The molecule has 0 saturated carbocycles. The number of halogens is 3. The molecule has 0 radical (unpaired) electrons. The standard InChI is InChI=1S/C14H19F3N2O4S.C11H15NO.C2H6/c1-10-9-12(3-4-13(10)23-14(15,16)17)24(21,22)19-7-5-18(6-8-19)11(2)20;1-9(2)11-5-3-10(4-6-11)7-12-8-13;1-2/h3-4,9,21-22H,5-8H2,1-2H3;3-6,8-9H,7H2,1-2H3,(H,12,13);1-2H3. The third-order valence-corrected chi connectivity index (χ3v) is 7.74. The highest BCUT2D eigenvalue weighted by molar-refractivity contribution is 8.22. The van der Waals surface area contributed by atoms with Gasteiger partial charge in [-0.15, -0.1) is 23.9 Å². The van der Waals surface area contributed by atoms with Crippen LogP contribution in [0.15, 0.2) is 47.4 Å². The van der Waals surface area contributed by atoms with E-state index in [1.54, 1.807) is 4.90 Å². The van der Waals surface area contributed by atoms with Crippen molar-refractivity contribution in [2.75, 3.05) is 26.2 Å². The van der Waals surface area contributed by atoms with Gasteiger partial charge in [-0.1, -0.05) is 52.0 Å². The van der Waals surface area contributed by atoms with E-state index in [1.165, 1.54) is 35.8 Å². The van der Waals surface area contributed by atoms with E-state index in [-0.39, 0.29) is 35.2 Å². The minimum Gasteiger partial charge on any atom is -0.406 e. The highest BCUT2D eigenvalue weighted by Gasteiger charge is 2.33. The van der Waals surface area contributed by atoms with Gasteiger partial charge in [0.25, 0.3) is 0 Å². The second kappa shape index (κ2) is 15.7. The molecule has 0 spiro atoms. The molecule has 8 nitrogen and oxygen atoms in total. The van der Waals surface area contributed by atoms with Gasteiger partial charge in [-0.05, 0) is 47.7 Å². The van der Waals surface area contributed by atoms with E-state index in [4.69, 9.17) is 0 Å². The molecule has 1 aliphatic rings. The Bertz CT molecular complexity index is 1040. The fourth-order valence-corrected chi connectivity index (χ4v) is 5.17. The SMILES string of the molecule is CC.CC(=O)N1CCN(S(O)(O)c2ccc(OC(F)(F)F)c(C)c2)CC1.CC(C)c1ccc(CNC=O)cc1. The van der Waals surface area contributed by atoms with Gasteiger partial charge in [0, 0.05) is 39.6 Å². The van der Waals surface area contributed by atoms with Crippen LogP contribution < -0.4 is 10.1 Å². The highest BCUT2D eigenvalue weighted by Crippen LogP contribution is 2.52. The van der Waals surface area contributed by atoms with Crippen molar-refractivity contribution in [1.82, 2.24) is 14.5 Å². The predicted molar refractivity (Wildman–Crippen MR) is 148 cm³/mol. The quantitative estimate of drug-likeness (QED) is 0.342. The van der Waals surface area contributed by atoms with Gasteiger partial charge >= 0.3 is 6.36 Å². The summed E-state index contributed by atoms with van der Waals surface area (Å²) < 4.78 is 63.2. The minimum absolute atomic E-state index is 0.0874. The fraction of sp³-hybridized carbons (Fsp3) is 0.481. The van der Waals surface area contributed by atoms with Crippen molar-refractivity contribution in [3.8, 4) is 5.75 Å². The van der Waals surface area contributed by atoms with Crippen molar-refractivity contribution in [3.63, 3.8) is 0 Å². The zero-order valence-electron chi connectivity index (χ0n) is 23.3. The van der Waals surface area contributed by atoms with Gasteiger partial charge < -0.3 is 15.0 Å². The molecule has 2 amide bonds. The van der Waals surface area contributed by atoms with Crippen molar-refractivity contribution in [1.29, 1.82) is 0 Å². The lowest BCUT2D eigenvalue weighted by atomic mass is 10.0. The number of hydrogen-bond donors (Lipinski definition) is 3. The van der Waals surface area contributed by atoms with Crippen molar-refractivity contribution in [2.24, 2.45) is 0 Å². The molecular formula is C27H40F3N3O5S. The molecule has 1 aliphatic heterocycles. The molecule has 0 aliphatic carbocycles. The van der Waals surface area contributed by atoms with Crippen molar-refractivity contribution < 1.29 is 36.6 Å². The van der Waals surface area contributed by atoms with Gasteiger partial charge in [-0.3, -0.25) is 18.7 Å². The smallest absolute Gasteiger partial charge is 0.406 e. The van der Waals surface area contributed by atoms with Gasteiger partial charge in [0.2, 0.25) is 12.3 Å². The number of aryl methyl sites for hydroxylation is 1. The Balaban J connectivity index is 0.000000428. The summed E-state index contributed by atoms with van der Waals surface area (Å²) in [6.07, 6.45) is -4.09. The summed E-state index contributed by atoms with van der Waals surface area (Å²) in [5.41, 5.74) is 2.61. The molecule has 0 aromatic heterocycles. The normalized spacial score (nSPS) is 14.4. The molecular weight excluding hydrogens is 535 g/mol. The molecule has 3 N–H and O–H groups in total. The van der Waals surface area contributed by atoms with E-state index < -0.39 is 17.1 Å². The summed E-state index contributed by atoms with van der Waals surface area (Å²) >= 11 is 0. The van der Waals surface area contributed by atoms with Crippen molar-refractivity contribution in [3.05, 3.63) is 59.2 Å². The lowest BCUT2D eigenvalue weighted by molar-refractivity contribution is -0.274. The number of carbonyl (C=O) groups excluding carboxylic acids is 2. The summed E-state index contributed by atoms with van der Waals surface area (Å²) in [6, 6.07) is 11.9. The second-order valence-corrected chi connectivity index (χ2v) is 10.8. The van der Waals surface area contributed by atoms with Crippen molar-refractivity contribution in [2.45, 2.75) is 65.3 Å². The Labute approximate surface area is 230 Å². The predicted octanol–water partition coefficient (Wildman–Crippen LogP) is 6.16. The van der Waals surface area contributed by atoms with Crippen LogP contribution >= 0.6 is 10.8 Å². The molecule has 0 atom stereocenters. The number of nitrogens with zero attached hydrogens (tertiary/aromatic N) is 2. The molecule has 39 heavy (non-hydrogen) atoms. The first kappa shape index (κ1) is 34.2. The molecule has 12 heteroatoms. The van der Waals surface area contributed by atoms with Crippen LogP contribution in [0.1, 0.15) is 57.2 Å². The average Bonchev–Trinajstić information content (AvgIpc) is 2.89. The van der Waals surface area contributed by atoms with Crippen LogP contribution in [-0.4, -0.2) is 63.2 Å². The summed E-state index contributed by atoms with van der Waals surface area (Å²) in [6.45, 7) is 13.0. The van der Waals surface area contributed by atoms with E-state index in [2.05, 4.69) is 36.0 Å². The molecule has 2 aromatic rings. The Morgan fingerprint density at radius 3 is 2.08 bits per heavy atom. The summed E-state index contributed by atoms with van der Waals surface area (Å²) in [5.74, 6) is 0.0894. The average molecular weight is 576 g/mol. The van der Waals surface area contributed by atoms with Crippen molar-refractivity contribution >= 4 is 23.1 Å². The largest absolute Gasteiger partial charge is 0.573 e. The van der Waals surface area contributed by atoms with Crippen LogP contribution in [0.25, 0.3) is 0 Å². The van der Waals surface area contributed by atoms with Crippen LogP contribution in [0.2, 0.25) is 0 Å². The maximum atomic E-state index is 12.3. The number of carbonyl (C=O) groups is 2. The molecule has 1 saturated heterocycles. The molecule has 2 aromatic carbocycles. The first-order valence-corrected chi connectivity index (χ1v) is 14.2. The molecule has 0 unspecified atom stereocenters. The highest BCUT2D eigenvalue weighted by atomic mass is 32.3. The van der Waals surface area contributed by atoms with Gasteiger partial charge in [0.15, 0.2) is 0 Å². The first-order valence-electron chi connectivity index (χ1n) is 12.7. The van der Waals surface area contributed by atoms with Crippen LogP contribution in [0.3, 0.4) is 0 Å². The second-order valence-electron chi connectivity index (χ2n) is 8.82. The topological polar surface area (TPSA) is 102 Å². The van der Waals surface area contributed by atoms with Gasteiger partial charge in [-0.25, -0.2) is 0 Å². The first-order chi connectivity index (χ1) is 18.2. The van der Waals surface area contributed by atoms with Crippen LogP contribution in [0, 0.1) is 6.92 Å². The maximum absolute atomic E-state index is 12.3. The number of nitrogens with one attached hydrogen (secondary N) is 1. The zero-order chi connectivity index (χ0) is 29.8. The maximum Gasteiger partial charge on any atom is 0.573 e. The van der Waals surface area contributed by atoms with E-state index >= 15 is 0 Å². The van der Waals surface area contributed by atoms with Crippen LogP contribution in [0.5, 0.6) is 5.75 Å². The number of benzene rings is 2. The van der Waals surface area contributed by atoms with Gasteiger partial charge in [-0.2, -0.15) is 4.31 Å². The van der Waals surface area contributed by atoms with E-state index in [1.807, 2.05) is 26.0 Å². The molecule has 1 fully saturated rings. The van der Waals surface area contributed by atoms with Crippen LogP contribution in [-0.2, 0) is 16.1 Å². The Morgan fingerprint density at radius 1 is 1.08 bits per heavy atom. The summed E-state index contributed by atoms with van der Waals surface area (Å²) in [4.78, 5) is 23.1. The lowest BCUT2D eigenvalue weighted by Gasteiger charge is -2.46. The number of amides is 2. The molecule has 1 heterocycles. The van der Waals surface area contributed by atoms with Crippen LogP contribution in [0.4, 0.5) is 13.2 Å². The number of ether oxygens (including phenoxy) is 1. The molecule has 3 rings (SSSR count). The van der Waals surface area contributed by atoms with Gasteiger partial charge in [0.05, 0.1) is 4.90 Å². The van der Waals surface area contributed by atoms with E-state index in [0.29, 0.717) is 25.6 Å². The Kier molecular flexibility index (Phi) is 13.8. The number of alkyl halides is 3. The monoisotopic (exact) mass is 575 g/mol. The third kappa shape index (κ3) is 11.1. The summed E-state index contributed by atoms with van der Waals surface area (Å²) in [5, 5.41) is 2.63. The van der Waals surface area contributed by atoms with E-state index in [9.17, 15) is 31.9 Å². The number of rotatable bonds is 7. The lowest BCUT2D eigenvalue weighted by Crippen LogP contribution is -2.48. The number of hydrogen-bond acceptors (Lipinski definition) is 6. The summed E-state index contributed by atoms with van der Waals surface area (Å²) in [7, 11) is -3.34. The van der Waals surface area contributed by atoms with Gasteiger partial charge in [0.1, 0.15) is 5.75 Å². The Morgan fingerprint density at radius 2 is 1.64 bits per heavy atom. The van der Waals surface area contributed by atoms with E-state index in [0.717, 1.165) is 18.0 Å².